The van der Waals surface area contributed by atoms with Gasteiger partial charge in [0.15, 0.2) is 0 Å². The number of hydrogen-bond donors (Lipinski definition) is 2. The first kappa shape index (κ1) is 15.3. The number of amides is 1. The van der Waals surface area contributed by atoms with Crippen molar-refractivity contribution in [2.75, 3.05) is 13.1 Å². The summed E-state index contributed by atoms with van der Waals surface area (Å²) in [6, 6.07) is 10.7. The lowest BCUT2D eigenvalue weighted by molar-refractivity contribution is -0.143. The van der Waals surface area contributed by atoms with Crippen LogP contribution < -0.4 is 0 Å². The minimum Gasteiger partial charge on any atom is -0.506 e. The molecule has 0 aliphatic carbocycles. The van der Waals surface area contributed by atoms with E-state index < -0.39 is 11.9 Å². The predicted molar refractivity (Wildman–Crippen MR) is 86.4 cm³/mol. The summed E-state index contributed by atoms with van der Waals surface area (Å²) < 4.78 is 0. The summed E-state index contributed by atoms with van der Waals surface area (Å²) in [5, 5.41) is 21.1. The van der Waals surface area contributed by atoms with Gasteiger partial charge in [-0.05, 0) is 23.8 Å². The van der Waals surface area contributed by atoms with E-state index in [1.165, 1.54) is 4.90 Å². The Bertz CT molecular complexity index is 771. The SMILES string of the molecule is CC1CC(C(=O)O)CN(C(=O)c2ccc3ccccc3c2O)C1. The fourth-order valence-corrected chi connectivity index (χ4v) is 3.29. The number of nitrogens with zero attached hydrogens (tertiary/aromatic N) is 1. The Kier molecular flexibility index (Phi) is 3.94. The van der Waals surface area contributed by atoms with E-state index in [9.17, 15) is 19.8 Å². The van der Waals surface area contributed by atoms with Gasteiger partial charge in [-0.3, -0.25) is 9.59 Å². The maximum absolute atomic E-state index is 12.8. The molecule has 0 saturated carbocycles. The van der Waals surface area contributed by atoms with Crippen LogP contribution in [0.2, 0.25) is 0 Å². The highest BCUT2D eigenvalue weighted by Gasteiger charge is 2.33. The molecule has 1 aliphatic rings. The molecule has 2 unspecified atom stereocenters. The molecular weight excluding hydrogens is 294 g/mol. The van der Waals surface area contributed by atoms with Gasteiger partial charge < -0.3 is 15.1 Å². The van der Waals surface area contributed by atoms with Crippen molar-refractivity contribution in [1.82, 2.24) is 4.90 Å². The molecule has 120 valence electrons. The minimum absolute atomic E-state index is 0.0433. The summed E-state index contributed by atoms with van der Waals surface area (Å²) in [4.78, 5) is 25.5. The second-order valence-corrected chi connectivity index (χ2v) is 6.27. The Morgan fingerprint density at radius 2 is 1.87 bits per heavy atom. The quantitative estimate of drug-likeness (QED) is 0.893. The zero-order valence-corrected chi connectivity index (χ0v) is 12.9. The Morgan fingerprint density at radius 1 is 1.13 bits per heavy atom. The smallest absolute Gasteiger partial charge is 0.308 e. The molecule has 2 atom stereocenters. The topological polar surface area (TPSA) is 77.8 Å². The first-order valence-electron chi connectivity index (χ1n) is 7.70. The Hall–Kier alpha value is -2.56. The van der Waals surface area contributed by atoms with Crippen LogP contribution in [0, 0.1) is 11.8 Å². The van der Waals surface area contributed by atoms with Crippen molar-refractivity contribution in [2.24, 2.45) is 11.8 Å². The third-order valence-electron chi connectivity index (χ3n) is 4.43. The van der Waals surface area contributed by atoms with E-state index in [1.807, 2.05) is 19.1 Å². The Labute approximate surface area is 134 Å². The standard InChI is InChI=1S/C18H19NO4/c1-11-8-13(18(22)23)10-19(9-11)17(21)15-7-6-12-4-2-3-5-14(12)16(15)20/h2-7,11,13,20H,8-10H2,1H3,(H,22,23). The van der Waals surface area contributed by atoms with E-state index in [-0.39, 0.29) is 29.7 Å². The summed E-state index contributed by atoms with van der Waals surface area (Å²) in [5.41, 5.74) is 0.224. The summed E-state index contributed by atoms with van der Waals surface area (Å²) in [5.74, 6) is -1.66. The third-order valence-corrected chi connectivity index (χ3v) is 4.43. The molecule has 0 bridgehead atoms. The molecule has 23 heavy (non-hydrogen) atoms. The molecular formula is C18H19NO4. The highest BCUT2D eigenvalue weighted by molar-refractivity contribution is 6.03. The van der Waals surface area contributed by atoms with E-state index in [1.54, 1.807) is 24.3 Å². The van der Waals surface area contributed by atoms with Crippen LogP contribution in [-0.4, -0.2) is 40.1 Å². The van der Waals surface area contributed by atoms with Crippen molar-refractivity contribution in [3.8, 4) is 5.75 Å². The zero-order valence-electron chi connectivity index (χ0n) is 12.9. The second kappa shape index (κ2) is 5.91. The number of carboxylic acids is 1. The van der Waals surface area contributed by atoms with Gasteiger partial charge in [0.25, 0.3) is 5.91 Å². The van der Waals surface area contributed by atoms with Gasteiger partial charge >= 0.3 is 5.97 Å². The van der Waals surface area contributed by atoms with E-state index in [0.717, 1.165) is 5.39 Å². The molecule has 1 heterocycles. The molecule has 1 aliphatic heterocycles. The predicted octanol–water partition coefficient (Wildman–Crippen LogP) is 2.73. The number of phenols is 1. The number of rotatable bonds is 2. The summed E-state index contributed by atoms with van der Waals surface area (Å²) in [6.45, 7) is 2.63. The first-order chi connectivity index (χ1) is 11.0. The van der Waals surface area contributed by atoms with Gasteiger partial charge in [0.05, 0.1) is 11.5 Å². The van der Waals surface area contributed by atoms with E-state index in [0.29, 0.717) is 18.4 Å². The van der Waals surface area contributed by atoms with E-state index in [4.69, 9.17) is 0 Å². The maximum atomic E-state index is 12.8. The maximum Gasteiger partial charge on any atom is 0.308 e. The van der Waals surface area contributed by atoms with Crippen molar-refractivity contribution < 1.29 is 19.8 Å². The highest BCUT2D eigenvalue weighted by atomic mass is 16.4. The molecule has 5 heteroatoms. The molecule has 2 N–H and O–H groups in total. The number of fused-ring (bicyclic) bond motifs is 1. The van der Waals surface area contributed by atoms with Crippen LogP contribution in [0.1, 0.15) is 23.7 Å². The van der Waals surface area contributed by atoms with Crippen LogP contribution in [0.15, 0.2) is 36.4 Å². The van der Waals surface area contributed by atoms with Gasteiger partial charge in [0, 0.05) is 18.5 Å². The number of likely N-dealkylation sites (tertiary alicyclic amines) is 1. The summed E-state index contributed by atoms with van der Waals surface area (Å²) in [7, 11) is 0. The number of carboxylic acid groups (broad SMARTS) is 1. The fraction of sp³-hybridized carbons (Fsp3) is 0.333. The van der Waals surface area contributed by atoms with Crippen LogP contribution in [0.4, 0.5) is 0 Å². The zero-order chi connectivity index (χ0) is 16.6. The first-order valence-corrected chi connectivity index (χ1v) is 7.70. The van der Waals surface area contributed by atoms with Crippen LogP contribution in [-0.2, 0) is 4.79 Å². The number of aromatic hydroxyl groups is 1. The number of piperidine rings is 1. The van der Waals surface area contributed by atoms with Crippen LogP contribution in [0.25, 0.3) is 10.8 Å². The number of benzene rings is 2. The van der Waals surface area contributed by atoms with Crippen molar-refractivity contribution in [1.29, 1.82) is 0 Å². The lowest BCUT2D eigenvalue weighted by Crippen LogP contribution is -2.45. The number of carbonyl (C=O) groups excluding carboxylic acids is 1. The Morgan fingerprint density at radius 3 is 2.61 bits per heavy atom. The van der Waals surface area contributed by atoms with E-state index in [2.05, 4.69) is 0 Å². The van der Waals surface area contributed by atoms with Gasteiger partial charge in [0.1, 0.15) is 5.75 Å². The van der Waals surface area contributed by atoms with Gasteiger partial charge in [-0.2, -0.15) is 0 Å². The van der Waals surface area contributed by atoms with Gasteiger partial charge in [0.2, 0.25) is 0 Å². The van der Waals surface area contributed by atoms with Crippen molar-refractivity contribution in [3.63, 3.8) is 0 Å². The molecule has 0 spiro atoms. The minimum atomic E-state index is -0.878. The van der Waals surface area contributed by atoms with Crippen molar-refractivity contribution in [2.45, 2.75) is 13.3 Å². The summed E-state index contributed by atoms with van der Waals surface area (Å²) in [6.07, 6.45) is 0.572. The van der Waals surface area contributed by atoms with Gasteiger partial charge in [-0.15, -0.1) is 0 Å². The van der Waals surface area contributed by atoms with Gasteiger partial charge in [-0.25, -0.2) is 0 Å². The number of carbonyl (C=O) groups is 2. The largest absolute Gasteiger partial charge is 0.506 e. The number of phenolic OH excluding ortho intramolecular Hbond substituents is 1. The normalized spacial score (nSPS) is 21.3. The molecule has 1 saturated heterocycles. The molecule has 0 aromatic heterocycles. The molecule has 1 amide bonds. The van der Waals surface area contributed by atoms with Gasteiger partial charge in [-0.1, -0.05) is 37.3 Å². The average Bonchev–Trinajstić information content (AvgIpc) is 2.54. The van der Waals surface area contributed by atoms with Crippen LogP contribution in [0.3, 0.4) is 0 Å². The molecule has 2 aromatic rings. The molecule has 0 radical (unpaired) electrons. The molecule has 1 fully saturated rings. The average molecular weight is 313 g/mol. The third kappa shape index (κ3) is 2.86. The fourth-order valence-electron chi connectivity index (χ4n) is 3.29. The van der Waals surface area contributed by atoms with Crippen molar-refractivity contribution >= 4 is 22.6 Å². The monoisotopic (exact) mass is 313 g/mol. The van der Waals surface area contributed by atoms with Crippen molar-refractivity contribution in [3.05, 3.63) is 42.0 Å². The number of hydrogen-bond acceptors (Lipinski definition) is 3. The molecule has 3 rings (SSSR count). The summed E-state index contributed by atoms with van der Waals surface area (Å²) >= 11 is 0. The lowest BCUT2D eigenvalue weighted by Gasteiger charge is -2.34. The number of aliphatic carboxylic acids is 1. The lowest BCUT2D eigenvalue weighted by atomic mass is 9.90. The van der Waals surface area contributed by atoms with Crippen LogP contribution >= 0.6 is 0 Å². The Balaban J connectivity index is 1.93. The second-order valence-electron chi connectivity index (χ2n) is 6.27. The highest BCUT2D eigenvalue weighted by Crippen LogP contribution is 2.31. The van der Waals surface area contributed by atoms with E-state index >= 15 is 0 Å². The molecule has 5 nitrogen and oxygen atoms in total. The molecule has 2 aromatic carbocycles. The van der Waals surface area contributed by atoms with Crippen LogP contribution in [0.5, 0.6) is 5.75 Å².